The van der Waals surface area contributed by atoms with Crippen molar-refractivity contribution in [2.45, 2.75) is 13.5 Å². The molecule has 2 N–H and O–H groups in total. The molecular weight excluding hydrogens is 673 g/mol. The summed E-state index contributed by atoms with van der Waals surface area (Å²) in [6.45, 7) is 2.33. The molecule has 0 bridgehead atoms. The first-order valence-electron chi connectivity index (χ1n) is 13.3. The second-order valence-corrected chi connectivity index (χ2v) is 10.7. The topological polar surface area (TPSA) is 107 Å². The molecule has 0 saturated heterocycles. The number of rotatable bonds is 13. The Hall–Kier alpha value is -4.25. The molecule has 0 heterocycles. The summed E-state index contributed by atoms with van der Waals surface area (Å²) < 4.78 is 23.3. The summed E-state index contributed by atoms with van der Waals surface area (Å²) in [7, 11) is 1.47. The highest BCUT2D eigenvalue weighted by molar-refractivity contribution is 9.10. The SMILES string of the molecule is CCOc1cc(C(=O)N/N=C/c2cc(Br)c(OCC(=O)Nc3ccc(Cl)c(Cl)c3)c(OC)c2)ccc1OCc1ccccc1. The van der Waals surface area contributed by atoms with E-state index in [0.29, 0.717) is 67.5 Å². The van der Waals surface area contributed by atoms with Crippen LogP contribution in [0, 0.1) is 0 Å². The molecule has 0 saturated carbocycles. The van der Waals surface area contributed by atoms with E-state index in [4.69, 9.17) is 42.1 Å². The second-order valence-electron chi connectivity index (χ2n) is 9.07. The van der Waals surface area contributed by atoms with Crippen molar-refractivity contribution < 1.29 is 28.5 Å². The van der Waals surface area contributed by atoms with E-state index >= 15 is 0 Å². The van der Waals surface area contributed by atoms with Gasteiger partial charge in [-0.2, -0.15) is 5.10 Å². The Balaban J connectivity index is 1.36. The number of nitrogens with zero attached hydrogens (tertiary/aromatic N) is 1. The quantitative estimate of drug-likeness (QED) is 0.110. The highest BCUT2D eigenvalue weighted by Gasteiger charge is 2.15. The molecule has 4 aromatic carbocycles. The number of carbonyl (C=O) groups is 2. The highest BCUT2D eigenvalue weighted by Crippen LogP contribution is 2.36. The number of hydrazone groups is 1. The van der Waals surface area contributed by atoms with Crippen molar-refractivity contribution in [3.05, 3.63) is 110 Å². The number of halogens is 3. The van der Waals surface area contributed by atoms with Gasteiger partial charge in [-0.25, -0.2) is 5.43 Å². The van der Waals surface area contributed by atoms with Crippen molar-refractivity contribution in [3.63, 3.8) is 0 Å². The van der Waals surface area contributed by atoms with Gasteiger partial charge < -0.3 is 24.3 Å². The molecule has 0 aliphatic rings. The van der Waals surface area contributed by atoms with Crippen molar-refractivity contribution in [1.29, 1.82) is 0 Å². The predicted molar refractivity (Wildman–Crippen MR) is 175 cm³/mol. The first kappa shape index (κ1) is 32.7. The summed E-state index contributed by atoms with van der Waals surface area (Å²) in [5.41, 5.74) is 4.95. The normalized spacial score (nSPS) is 10.8. The molecule has 12 heteroatoms. The first-order valence-corrected chi connectivity index (χ1v) is 14.8. The van der Waals surface area contributed by atoms with Crippen LogP contribution in [0.5, 0.6) is 23.0 Å². The van der Waals surface area contributed by atoms with E-state index in [1.807, 2.05) is 37.3 Å². The summed E-state index contributed by atoms with van der Waals surface area (Å²) in [5.74, 6) is 0.805. The molecule has 0 radical (unpaired) electrons. The van der Waals surface area contributed by atoms with Crippen LogP contribution in [0.2, 0.25) is 10.0 Å². The number of carbonyl (C=O) groups excluding carboxylic acids is 2. The molecule has 4 rings (SSSR count). The fourth-order valence-corrected chi connectivity index (χ4v) is 4.74. The highest BCUT2D eigenvalue weighted by atomic mass is 79.9. The second kappa shape index (κ2) is 16.0. The predicted octanol–water partition coefficient (Wildman–Crippen LogP) is 7.52. The van der Waals surface area contributed by atoms with Gasteiger partial charge in [0.15, 0.2) is 29.6 Å². The van der Waals surface area contributed by atoms with E-state index in [1.165, 1.54) is 13.3 Å². The van der Waals surface area contributed by atoms with Crippen LogP contribution in [-0.2, 0) is 11.4 Å². The van der Waals surface area contributed by atoms with E-state index in [1.54, 1.807) is 48.5 Å². The van der Waals surface area contributed by atoms with Crippen LogP contribution >= 0.6 is 39.1 Å². The van der Waals surface area contributed by atoms with E-state index in [0.717, 1.165) is 5.56 Å². The van der Waals surface area contributed by atoms with E-state index in [-0.39, 0.29) is 6.61 Å². The minimum Gasteiger partial charge on any atom is -0.493 e. The van der Waals surface area contributed by atoms with Crippen LogP contribution in [0.1, 0.15) is 28.4 Å². The van der Waals surface area contributed by atoms with Gasteiger partial charge >= 0.3 is 0 Å². The number of hydrogen-bond donors (Lipinski definition) is 2. The van der Waals surface area contributed by atoms with Gasteiger partial charge in [-0.15, -0.1) is 0 Å². The largest absolute Gasteiger partial charge is 0.493 e. The summed E-state index contributed by atoms with van der Waals surface area (Å²) in [6.07, 6.45) is 1.45. The zero-order chi connectivity index (χ0) is 31.5. The molecule has 2 amide bonds. The maximum atomic E-state index is 12.8. The van der Waals surface area contributed by atoms with Gasteiger partial charge in [0.05, 0.1) is 34.4 Å². The third kappa shape index (κ3) is 9.12. The Morgan fingerprint density at radius 2 is 1.68 bits per heavy atom. The summed E-state index contributed by atoms with van der Waals surface area (Å²) in [4.78, 5) is 25.2. The van der Waals surface area contributed by atoms with Crippen LogP contribution in [0.3, 0.4) is 0 Å². The van der Waals surface area contributed by atoms with Gasteiger partial charge in [-0.05, 0) is 82.5 Å². The third-order valence-electron chi connectivity index (χ3n) is 5.93. The number of amides is 2. The summed E-state index contributed by atoms with van der Waals surface area (Å²) >= 11 is 15.4. The van der Waals surface area contributed by atoms with Crippen molar-refractivity contribution >= 4 is 62.8 Å². The van der Waals surface area contributed by atoms with E-state index in [9.17, 15) is 9.59 Å². The Kier molecular flexibility index (Phi) is 11.9. The lowest BCUT2D eigenvalue weighted by Crippen LogP contribution is -2.20. The molecule has 4 aromatic rings. The molecule has 0 aliphatic heterocycles. The molecule has 9 nitrogen and oxygen atoms in total. The molecule has 0 fully saturated rings. The molecule has 0 aliphatic carbocycles. The zero-order valence-corrected chi connectivity index (χ0v) is 26.8. The minimum atomic E-state index is -0.434. The maximum Gasteiger partial charge on any atom is 0.271 e. The average molecular weight is 701 g/mol. The summed E-state index contributed by atoms with van der Waals surface area (Å²) in [6, 6.07) is 22.8. The fourth-order valence-electron chi connectivity index (χ4n) is 3.87. The Morgan fingerprint density at radius 3 is 2.41 bits per heavy atom. The van der Waals surface area contributed by atoms with Gasteiger partial charge in [0, 0.05) is 11.3 Å². The lowest BCUT2D eigenvalue weighted by atomic mass is 10.2. The lowest BCUT2D eigenvalue weighted by Gasteiger charge is -2.14. The molecule has 0 unspecified atom stereocenters. The Morgan fingerprint density at radius 1 is 0.886 bits per heavy atom. The Labute approximate surface area is 273 Å². The van der Waals surface area contributed by atoms with Crippen molar-refractivity contribution in [2.75, 3.05) is 25.6 Å². The van der Waals surface area contributed by atoms with E-state index in [2.05, 4.69) is 31.8 Å². The van der Waals surface area contributed by atoms with Gasteiger partial charge in [0.2, 0.25) is 0 Å². The van der Waals surface area contributed by atoms with Crippen molar-refractivity contribution in [1.82, 2.24) is 5.43 Å². The van der Waals surface area contributed by atoms with Crippen LogP contribution in [0.15, 0.2) is 88.4 Å². The number of hydrogen-bond acceptors (Lipinski definition) is 7. The van der Waals surface area contributed by atoms with Gasteiger partial charge in [0.1, 0.15) is 6.61 Å². The van der Waals surface area contributed by atoms with Gasteiger partial charge in [0.25, 0.3) is 11.8 Å². The van der Waals surface area contributed by atoms with E-state index < -0.39 is 11.8 Å². The lowest BCUT2D eigenvalue weighted by molar-refractivity contribution is -0.118. The maximum absolute atomic E-state index is 12.8. The van der Waals surface area contributed by atoms with Crippen molar-refractivity contribution in [3.8, 4) is 23.0 Å². The van der Waals surface area contributed by atoms with Crippen molar-refractivity contribution in [2.24, 2.45) is 5.10 Å². The molecule has 0 atom stereocenters. The molecule has 228 valence electrons. The number of methoxy groups -OCH3 is 1. The number of anilines is 1. The zero-order valence-electron chi connectivity index (χ0n) is 23.7. The molecule has 0 spiro atoms. The van der Waals surface area contributed by atoms with Gasteiger partial charge in [-0.3, -0.25) is 9.59 Å². The Bertz CT molecular complexity index is 1650. The standard InChI is InChI=1S/C32H28BrCl2N3O6/c1-3-42-28-15-22(9-12-27(28)43-18-20-7-5-4-6-8-20)32(40)38-36-17-21-13-24(33)31(29(14-21)41-2)44-19-30(39)37-23-10-11-25(34)26(35)16-23/h4-17H,3,18-19H2,1-2H3,(H,37,39)(H,38,40)/b36-17+. The molecule has 0 aromatic heterocycles. The van der Waals surface area contributed by atoms with Crippen LogP contribution < -0.4 is 29.7 Å². The fraction of sp³-hybridized carbons (Fsp3) is 0.156. The molecular formula is C32H28BrCl2N3O6. The average Bonchev–Trinajstić information content (AvgIpc) is 3.02. The van der Waals surface area contributed by atoms with Crippen LogP contribution in [0.25, 0.3) is 0 Å². The summed E-state index contributed by atoms with van der Waals surface area (Å²) in [5, 5.41) is 7.46. The third-order valence-corrected chi connectivity index (χ3v) is 7.25. The molecule has 44 heavy (non-hydrogen) atoms. The minimum absolute atomic E-state index is 0.293. The number of ether oxygens (including phenoxy) is 4. The van der Waals surface area contributed by atoms with Gasteiger partial charge in [-0.1, -0.05) is 53.5 Å². The number of nitrogens with one attached hydrogen (secondary N) is 2. The smallest absolute Gasteiger partial charge is 0.271 e. The first-order chi connectivity index (χ1) is 21.3. The monoisotopic (exact) mass is 699 g/mol. The van der Waals surface area contributed by atoms with Crippen LogP contribution in [0.4, 0.5) is 5.69 Å². The number of benzene rings is 4. The van der Waals surface area contributed by atoms with Crippen LogP contribution in [-0.4, -0.2) is 38.4 Å².